The Labute approximate surface area is 123 Å². The zero-order valence-corrected chi connectivity index (χ0v) is 12.1. The number of carbonyl (C=O) groups is 2. The number of carboxylic acids is 1. The number of amides is 1. The van der Waals surface area contributed by atoms with Crippen LogP contribution < -0.4 is 5.32 Å². The SMILES string of the molecule is CC1Nc2ccccc2C1C(=O)N1CCCC(C(=O)O)C1. The normalized spacial score (nSPS) is 27.9. The zero-order chi connectivity index (χ0) is 15.0. The monoisotopic (exact) mass is 288 g/mol. The summed E-state index contributed by atoms with van der Waals surface area (Å²) in [6, 6.07) is 7.89. The summed E-state index contributed by atoms with van der Waals surface area (Å²) in [5.41, 5.74) is 2.03. The number of para-hydroxylation sites is 1. The van der Waals surface area contributed by atoms with Crippen molar-refractivity contribution in [1.82, 2.24) is 4.90 Å². The lowest BCUT2D eigenvalue weighted by atomic mass is 9.91. The number of rotatable bonds is 2. The van der Waals surface area contributed by atoms with Gasteiger partial charge in [0.25, 0.3) is 0 Å². The first-order valence-corrected chi connectivity index (χ1v) is 7.45. The Balaban J connectivity index is 1.80. The second-order valence-corrected chi connectivity index (χ2v) is 5.96. The summed E-state index contributed by atoms with van der Waals surface area (Å²) >= 11 is 0. The van der Waals surface area contributed by atoms with Gasteiger partial charge < -0.3 is 15.3 Å². The summed E-state index contributed by atoms with van der Waals surface area (Å²) in [5, 5.41) is 12.5. The predicted molar refractivity (Wildman–Crippen MR) is 79.2 cm³/mol. The summed E-state index contributed by atoms with van der Waals surface area (Å²) in [7, 11) is 0. The van der Waals surface area contributed by atoms with E-state index in [1.807, 2.05) is 31.2 Å². The molecule has 2 N–H and O–H groups in total. The Hall–Kier alpha value is -2.04. The number of likely N-dealkylation sites (tertiary alicyclic amines) is 1. The molecule has 0 aromatic heterocycles. The van der Waals surface area contributed by atoms with Crippen molar-refractivity contribution in [3.05, 3.63) is 29.8 Å². The van der Waals surface area contributed by atoms with Crippen LogP contribution in [0.1, 0.15) is 31.2 Å². The van der Waals surface area contributed by atoms with Crippen LogP contribution in [0.4, 0.5) is 5.69 Å². The van der Waals surface area contributed by atoms with Crippen LogP contribution in [0.15, 0.2) is 24.3 Å². The van der Waals surface area contributed by atoms with E-state index in [0.717, 1.165) is 17.7 Å². The molecule has 1 saturated heterocycles. The number of aliphatic carboxylic acids is 1. The highest BCUT2D eigenvalue weighted by atomic mass is 16.4. The van der Waals surface area contributed by atoms with Crippen LogP contribution >= 0.6 is 0 Å². The van der Waals surface area contributed by atoms with Gasteiger partial charge in [0.2, 0.25) is 5.91 Å². The molecule has 1 fully saturated rings. The van der Waals surface area contributed by atoms with Crippen LogP contribution in [0.2, 0.25) is 0 Å². The molecule has 3 rings (SSSR count). The summed E-state index contributed by atoms with van der Waals surface area (Å²) in [4.78, 5) is 25.7. The number of benzene rings is 1. The maximum Gasteiger partial charge on any atom is 0.308 e. The maximum absolute atomic E-state index is 12.8. The second-order valence-electron chi connectivity index (χ2n) is 5.96. The molecule has 3 atom stereocenters. The standard InChI is InChI=1S/C16H20N2O3/c1-10-14(12-6-2-3-7-13(12)17-10)15(19)18-8-4-5-11(9-18)16(20)21/h2-3,6-7,10-11,14,17H,4-5,8-9H2,1H3,(H,20,21). The highest BCUT2D eigenvalue weighted by Crippen LogP contribution is 2.37. The van der Waals surface area contributed by atoms with Gasteiger partial charge in [0.1, 0.15) is 0 Å². The molecular formula is C16H20N2O3. The molecule has 2 aliphatic heterocycles. The fourth-order valence-electron chi connectivity index (χ4n) is 3.42. The third-order valence-electron chi connectivity index (χ3n) is 4.53. The number of carbonyl (C=O) groups excluding carboxylic acids is 1. The lowest BCUT2D eigenvalue weighted by molar-refractivity contribution is -0.146. The van der Waals surface area contributed by atoms with Crippen molar-refractivity contribution >= 4 is 17.6 Å². The number of anilines is 1. The molecule has 112 valence electrons. The van der Waals surface area contributed by atoms with Crippen molar-refractivity contribution in [2.45, 2.75) is 31.7 Å². The number of hydrogen-bond acceptors (Lipinski definition) is 3. The van der Waals surface area contributed by atoms with E-state index in [4.69, 9.17) is 5.11 Å². The molecule has 0 radical (unpaired) electrons. The highest BCUT2D eigenvalue weighted by Gasteiger charge is 2.39. The molecule has 2 heterocycles. The summed E-state index contributed by atoms with van der Waals surface area (Å²) in [6.07, 6.45) is 1.42. The average molecular weight is 288 g/mol. The van der Waals surface area contributed by atoms with E-state index in [2.05, 4.69) is 5.32 Å². The van der Waals surface area contributed by atoms with Crippen molar-refractivity contribution in [3.8, 4) is 0 Å². The molecule has 0 spiro atoms. The molecule has 2 aliphatic rings. The van der Waals surface area contributed by atoms with E-state index < -0.39 is 11.9 Å². The molecule has 1 aromatic carbocycles. The third-order valence-corrected chi connectivity index (χ3v) is 4.53. The summed E-state index contributed by atoms with van der Waals surface area (Å²) in [6.45, 7) is 2.99. The van der Waals surface area contributed by atoms with E-state index >= 15 is 0 Å². The van der Waals surface area contributed by atoms with Crippen LogP contribution in [-0.4, -0.2) is 41.0 Å². The molecule has 21 heavy (non-hydrogen) atoms. The van der Waals surface area contributed by atoms with Crippen LogP contribution in [0.3, 0.4) is 0 Å². The van der Waals surface area contributed by atoms with Crippen LogP contribution in [-0.2, 0) is 9.59 Å². The number of piperidine rings is 1. The third kappa shape index (κ3) is 2.48. The smallest absolute Gasteiger partial charge is 0.308 e. The molecule has 0 bridgehead atoms. The van der Waals surface area contributed by atoms with Gasteiger partial charge in [-0.3, -0.25) is 9.59 Å². The highest BCUT2D eigenvalue weighted by molar-refractivity contribution is 5.89. The quantitative estimate of drug-likeness (QED) is 0.872. The van der Waals surface area contributed by atoms with Gasteiger partial charge in [0.05, 0.1) is 11.8 Å². The Morgan fingerprint density at radius 1 is 1.33 bits per heavy atom. The molecule has 3 unspecified atom stereocenters. The summed E-state index contributed by atoms with van der Waals surface area (Å²) in [5.74, 6) is -1.40. The van der Waals surface area contributed by atoms with Gasteiger partial charge in [-0.05, 0) is 31.4 Å². The minimum absolute atomic E-state index is 0.0418. The Bertz CT molecular complexity index is 572. The number of carboxylic acid groups (broad SMARTS) is 1. The van der Waals surface area contributed by atoms with Crippen LogP contribution in [0.25, 0.3) is 0 Å². The van der Waals surface area contributed by atoms with Crippen LogP contribution in [0, 0.1) is 5.92 Å². The first-order chi connectivity index (χ1) is 10.1. The number of fused-ring (bicyclic) bond motifs is 1. The van der Waals surface area contributed by atoms with Crippen molar-refractivity contribution in [2.24, 2.45) is 5.92 Å². The van der Waals surface area contributed by atoms with Crippen molar-refractivity contribution in [3.63, 3.8) is 0 Å². The lowest BCUT2D eigenvalue weighted by Gasteiger charge is -2.33. The molecule has 0 aliphatic carbocycles. The van der Waals surface area contributed by atoms with Gasteiger partial charge in [-0.15, -0.1) is 0 Å². The molecular weight excluding hydrogens is 268 g/mol. The lowest BCUT2D eigenvalue weighted by Crippen LogP contribution is -2.45. The van der Waals surface area contributed by atoms with E-state index in [-0.39, 0.29) is 17.9 Å². The van der Waals surface area contributed by atoms with Crippen molar-refractivity contribution in [1.29, 1.82) is 0 Å². The first-order valence-electron chi connectivity index (χ1n) is 7.45. The molecule has 1 aromatic rings. The molecule has 1 amide bonds. The fraction of sp³-hybridized carbons (Fsp3) is 0.500. The molecule has 0 saturated carbocycles. The van der Waals surface area contributed by atoms with Gasteiger partial charge in [-0.1, -0.05) is 18.2 Å². The number of hydrogen-bond donors (Lipinski definition) is 2. The molecule has 5 nitrogen and oxygen atoms in total. The van der Waals surface area contributed by atoms with Gasteiger partial charge in [0, 0.05) is 24.8 Å². The number of nitrogens with one attached hydrogen (secondary N) is 1. The Kier molecular flexibility index (Phi) is 3.57. The van der Waals surface area contributed by atoms with Gasteiger partial charge in [0.15, 0.2) is 0 Å². The van der Waals surface area contributed by atoms with E-state index in [1.54, 1.807) is 4.90 Å². The molecule has 5 heteroatoms. The second kappa shape index (κ2) is 5.39. The summed E-state index contributed by atoms with van der Waals surface area (Å²) < 4.78 is 0. The van der Waals surface area contributed by atoms with E-state index in [0.29, 0.717) is 19.5 Å². The van der Waals surface area contributed by atoms with Crippen LogP contribution in [0.5, 0.6) is 0 Å². The van der Waals surface area contributed by atoms with Crippen molar-refractivity contribution in [2.75, 3.05) is 18.4 Å². The van der Waals surface area contributed by atoms with Gasteiger partial charge in [-0.25, -0.2) is 0 Å². The van der Waals surface area contributed by atoms with Crippen molar-refractivity contribution < 1.29 is 14.7 Å². The Morgan fingerprint density at radius 2 is 2.10 bits per heavy atom. The number of nitrogens with zero attached hydrogens (tertiary/aromatic N) is 1. The van der Waals surface area contributed by atoms with Gasteiger partial charge >= 0.3 is 5.97 Å². The Morgan fingerprint density at radius 3 is 2.86 bits per heavy atom. The minimum Gasteiger partial charge on any atom is -0.481 e. The predicted octanol–water partition coefficient (Wildman–Crippen LogP) is 1.91. The van der Waals surface area contributed by atoms with E-state index in [9.17, 15) is 9.59 Å². The zero-order valence-electron chi connectivity index (χ0n) is 12.1. The van der Waals surface area contributed by atoms with Gasteiger partial charge in [-0.2, -0.15) is 0 Å². The fourth-order valence-corrected chi connectivity index (χ4v) is 3.42. The van der Waals surface area contributed by atoms with E-state index in [1.165, 1.54) is 0 Å². The topological polar surface area (TPSA) is 69.6 Å². The average Bonchev–Trinajstić information content (AvgIpc) is 2.82. The maximum atomic E-state index is 12.8. The first kappa shape index (κ1) is 13.9. The minimum atomic E-state index is -0.800. The largest absolute Gasteiger partial charge is 0.481 e.